The Morgan fingerprint density at radius 3 is 2.88 bits per heavy atom. The fourth-order valence-corrected chi connectivity index (χ4v) is 2.34. The van der Waals surface area contributed by atoms with Gasteiger partial charge in [-0.3, -0.25) is 0 Å². The molecule has 0 radical (unpaired) electrons. The molecular formula is C13H24N4. The fourth-order valence-electron chi connectivity index (χ4n) is 2.34. The maximum absolute atomic E-state index is 4.42. The average Bonchev–Trinajstić information content (AvgIpc) is 2.97. The van der Waals surface area contributed by atoms with Crippen LogP contribution in [0.15, 0.2) is 12.4 Å². The van der Waals surface area contributed by atoms with Crippen molar-refractivity contribution in [1.82, 2.24) is 19.8 Å². The Labute approximate surface area is 104 Å². The number of nitrogens with zero attached hydrogens (tertiary/aromatic N) is 3. The first-order chi connectivity index (χ1) is 8.40. The number of hydrogen-bond acceptors (Lipinski definition) is 3. The summed E-state index contributed by atoms with van der Waals surface area (Å²) in [6.07, 6.45) is 7.92. The molecule has 4 heteroatoms. The van der Waals surface area contributed by atoms with Crippen LogP contribution in [0.25, 0.3) is 0 Å². The molecule has 0 aliphatic carbocycles. The van der Waals surface area contributed by atoms with Crippen molar-refractivity contribution >= 4 is 0 Å². The van der Waals surface area contributed by atoms with Gasteiger partial charge < -0.3 is 14.8 Å². The molecule has 1 aromatic heterocycles. The molecule has 0 amide bonds. The Hall–Kier alpha value is -0.870. The van der Waals surface area contributed by atoms with Crippen LogP contribution >= 0.6 is 0 Å². The van der Waals surface area contributed by atoms with Crippen LogP contribution in [-0.2, 0) is 13.1 Å². The summed E-state index contributed by atoms with van der Waals surface area (Å²) in [5.74, 6) is 1.16. The predicted octanol–water partition coefficient (Wildman–Crippen LogP) is 1.48. The van der Waals surface area contributed by atoms with Gasteiger partial charge >= 0.3 is 0 Å². The van der Waals surface area contributed by atoms with Crippen LogP contribution in [0, 0.1) is 0 Å². The van der Waals surface area contributed by atoms with Crippen molar-refractivity contribution in [2.75, 3.05) is 26.2 Å². The molecule has 0 spiro atoms. The van der Waals surface area contributed by atoms with Gasteiger partial charge in [-0.2, -0.15) is 0 Å². The van der Waals surface area contributed by atoms with Gasteiger partial charge in [-0.1, -0.05) is 6.92 Å². The highest BCUT2D eigenvalue weighted by Crippen LogP contribution is 2.07. The van der Waals surface area contributed by atoms with E-state index >= 15 is 0 Å². The molecule has 2 rings (SSSR count). The first-order valence-electron chi connectivity index (χ1n) is 6.83. The van der Waals surface area contributed by atoms with Crippen LogP contribution in [0.3, 0.4) is 0 Å². The second-order valence-electron chi connectivity index (χ2n) is 4.76. The molecule has 1 aliphatic heterocycles. The molecule has 96 valence electrons. The van der Waals surface area contributed by atoms with E-state index in [0.29, 0.717) is 0 Å². The number of nitrogens with one attached hydrogen (secondary N) is 1. The van der Waals surface area contributed by atoms with Crippen LogP contribution < -0.4 is 5.32 Å². The van der Waals surface area contributed by atoms with Gasteiger partial charge in [-0.25, -0.2) is 4.98 Å². The van der Waals surface area contributed by atoms with Crippen LogP contribution in [-0.4, -0.2) is 40.6 Å². The Kier molecular flexibility index (Phi) is 5.01. The van der Waals surface area contributed by atoms with Crippen LogP contribution in [0.1, 0.15) is 32.0 Å². The lowest BCUT2D eigenvalue weighted by molar-refractivity contribution is 0.320. The molecule has 0 saturated carbocycles. The molecule has 1 saturated heterocycles. The average molecular weight is 236 g/mol. The third kappa shape index (κ3) is 3.82. The summed E-state index contributed by atoms with van der Waals surface area (Å²) < 4.78 is 2.28. The lowest BCUT2D eigenvalue weighted by Crippen LogP contribution is -2.25. The monoisotopic (exact) mass is 236 g/mol. The zero-order chi connectivity index (χ0) is 11.9. The molecule has 1 aliphatic rings. The Morgan fingerprint density at radius 2 is 2.12 bits per heavy atom. The highest BCUT2D eigenvalue weighted by molar-refractivity contribution is 4.92. The van der Waals surface area contributed by atoms with Gasteiger partial charge in [-0.05, 0) is 38.9 Å². The molecule has 17 heavy (non-hydrogen) atoms. The highest BCUT2D eigenvalue weighted by Gasteiger charge is 2.11. The van der Waals surface area contributed by atoms with Crippen molar-refractivity contribution in [3.63, 3.8) is 0 Å². The van der Waals surface area contributed by atoms with Crippen molar-refractivity contribution in [3.8, 4) is 0 Å². The van der Waals surface area contributed by atoms with E-state index in [2.05, 4.69) is 32.9 Å². The van der Waals surface area contributed by atoms with E-state index in [0.717, 1.165) is 32.0 Å². The van der Waals surface area contributed by atoms with Crippen molar-refractivity contribution in [2.45, 2.75) is 39.3 Å². The predicted molar refractivity (Wildman–Crippen MR) is 69.9 cm³/mol. The summed E-state index contributed by atoms with van der Waals surface area (Å²) in [6.45, 7) is 8.93. The summed E-state index contributed by atoms with van der Waals surface area (Å²) in [5.41, 5.74) is 0. The lowest BCUT2D eigenvalue weighted by Gasteiger charge is -2.16. The van der Waals surface area contributed by atoms with Gasteiger partial charge in [0.15, 0.2) is 0 Å². The van der Waals surface area contributed by atoms with Crippen molar-refractivity contribution in [3.05, 3.63) is 18.2 Å². The minimum absolute atomic E-state index is 0.890. The number of hydrogen-bond donors (Lipinski definition) is 1. The van der Waals surface area contributed by atoms with Gasteiger partial charge in [0.25, 0.3) is 0 Å². The van der Waals surface area contributed by atoms with Gasteiger partial charge in [0.2, 0.25) is 0 Å². The molecule has 0 atom stereocenters. The molecule has 0 unspecified atom stereocenters. The summed E-state index contributed by atoms with van der Waals surface area (Å²) in [5, 5.41) is 3.41. The van der Waals surface area contributed by atoms with Crippen LogP contribution in [0.5, 0.6) is 0 Å². The number of likely N-dealkylation sites (tertiary alicyclic amines) is 1. The summed E-state index contributed by atoms with van der Waals surface area (Å²) in [4.78, 5) is 6.96. The molecular weight excluding hydrogens is 212 g/mol. The molecule has 1 N–H and O–H groups in total. The van der Waals surface area contributed by atoms with Gasteiger partial charge in [0, 0.05) is 25.5 Å². The topological polar surface area (TPSA) is 33.1 Å². The van der Waals surface area contributed by atoms with Crippen LogP contribution in [0.2, 0.25) is 0 Å². The standard InChI is InChI=1S/C13H24N4/c1-2-5-14-12-13-15-6-9-17(13)11-10-16-7-3-4-8-16/h6,9,14H,2-5,7-8,10-12H2,1H3. The van der Waals surface area contributed by atoms with Crippen molar-refractivity contribution < 1.29 is 0 Å². The summed E-state index contributed by atoms with van der Waals surface area (Å²) in [6, 6.07) is 0. The molecule has 4 nitrogen and oxygen atoms in total. The summed E-state index contributed by atoms with van der Waals surface area (Å²) >= 11 is 0. The molecule has 0 bridgehead atoms. The van der Waals surface area contributed by atoms with E-state index in [1.165, 1.54) is 32.4 Å². The van der Waals surface area contributed by atoms with E-state index in [1.807, 2.05) is 6.20 Å². The Bertz CT molecular complexity index is 315. The summed E-state index contributed by atoms with van der Waals surface area (Å²) in [7, 11) is 0. The number of aromatic nitrogens is 2. The molecule has 0 aromatic carbocycles. The quantitative estimate of drug-likeness (QED) is 0.728. The van der Waals surface area contributed by atoms with E-state index < -0.39 is 0 Å². The van der Waals surface area contributed by atoms with E-state index in [4.69, 9.17) is 0 Å². The molecule has 2 heterocycles. The SMILES string of the molecule is CCCNCc1nccn1CCN1CCCC1. The zero-order valence-electron chi connectivity index (χ0n) is 10.9. The van der Waals surface area contributed by atoms with E-state index in [-0.39, 0.29) is 0 Å². The first-order valence-corrected chi connectivity index (χ1v) is 6.83. The smallest absolute Gasteiger partial charge is 0.122 e. The minimum atomic E-state index is 0.890. The van der Waals surface area contributed by atoms with Gasteiger partial charge in [0.05, 0.1) is 6.54 Å². The second-order valence-corrected chi connectivity index (χ2v) is 4.76. The van der Waals surface area contributed by atoms with Crippen molar-refractivity contribution in [1.29, 1.82) is 0 Å². The lowest BCUT2D eigenvalue weighted by atomic mass is 10.4. The van der Waals surface area contributed by atoms with Crippen LogP contribution in [0.4, 0.5) is 0 Å². The number of imidazole rings is 1. The maximum Gasteiger partial charge on any atom is 0.122 e. The first kappa shape index (κ1) is 12.6. The van der Waals surface area contributed by atoms with Crippen molar-refractivity contribution in [2.24, 2.45) is 0 Å². The number of rotatable bonds is 7. The largest absolute Gasteiger partial charge is 0.333 e. The zero-order valence-corrected chi connectivity index (χ0v) is 10.9. The maximum atomic E-state index is 4.42. The third-order valence-corrected chi connectivity index (χ3v) is 3.37. The third-order valence-electron chi connectivity index (χ3n) is 3.37. The molecule has 1 fully saturated rings. The minimum Gasteiger partial charge on any atom is -0.333 e. The Morgan fingerprint density at radius 1 is 1.29 bits per heavy atom. The van der Waals surface area contributed by atoms with E-state index in [9.17, 15) is 0 Å². The van der Waals surface area contributed by atoms with Gasteiger partial charge in [0.1, 0.15) is 5.82 Å². The fraction of sp³-hybridized carbons (Fsp3) is 0.769. The van der Waals surface area contributed by atoms with Gasteiger partial charge in [-0.15, -0.1) is 0 Å². The normalized spacial score (nSPS) is 16.8. The van der Waals surface area contributed by atoms with E-state index in [1.54, 1.807) is 0 Å². The Balaban J connectivity index is 1.76. The molecule has 1 aromatic rings. The second kappa shape index (κ2) is 6.77. The highest BCUT2D eigenvalue weighted by atomic mass is 15.2.